The number of aliphatic hydroxyl groups is 1. The second-order valence-electron chi connectivity index (χ2n) is 4.64. The minimum atomic E-state index is -0.652. The van der Waals surface area contributed by atoms with Crippen molar-refractivity contribution in [2.45, 2.75) is 38.8 Å². The Hall–Kier alpha value is -0.970. The van der Waals surface area contributed by atoms with Gasteiger partial charge in [-0.3, -0.25) is 4.79 Å². The van der Waals surface area contributed by atoms with Crippen LogP contribution in [-0.4, -0.2) is 29.8 Å². The molecule has 2 atom stereocenters. The van der Waals surface area contributed by atoms with Crippen molar-refractivity contribution in [2.24, 2.45) is 0 Å². The number of carbonyl (C=O) groups excluding carboxylic acids is 1. The number of nitrogens with one attached hydrogen (secondary N) is 1. The van der Waals surface area contributed by atoms with Crippen molar-refractivity contribution in [2.75, 3.05) is 6.61 Å². The third-order valence-electron chi connectivity index (χ3n) is 2.70. The molecule has 0 aliphatic carbocycles. The molecule has 0 bridgehead atoms. The van der Waals surface area contributed by atoms with Gasteiger partial charge in [-0.05, 0) is 44.9 Å². The van der Waals surface area contributed by atoms with Gasteiger partial charge in [0.15, 0.2) is 6.10 Å². The van der Waals surface area contributed by atoms with Crippen LogP contribution < -0.4 is 10.1 Å². The fraction of sp³-hybridized carbons (Fsp3) is 0.500. The molecule has 1 amide bonds. The van der Waals surface area contributed by atoms with Gasteiger partial charge in [-0.25, -0.2) is 0 Å². The van der Waals surface area contributed by atoms with E-state index in [0.717, 1.165) is 6.42 Å². The lowest BCUT2D eigenvalue weighted by molar-refractivity contribution is -0.127. The number of hydrogen-bond acceptors (Lipinski definition) is 3. The lowest BCUT2D eigenvalue weighted by Crippen LogP contribution is -2.41. The number of carbonyl (C=O) groups is 1. The van der Waals surface area contributed by atoms with Gasteiger partial charge in [-0.2, -0.15) is 0 Å². The molecule has 0 aliphatic heterocycles. The zero-order valence-corrected chi connectivity index (χ0v) is 13.0. The molecule has 0 fully saturated rings. The smallest absolute Gasteiger partial charge is 0.260 e. The van der Waals surface area contributed by atoms with E-state index in [1.54, 1.807) is 25.1 Å². The molecule has 0 aromatic heterocycles. The molecule has 0 radical (unpaired) electrons. The average molecular weight is 320 g/mol. The van der Waals surface area contributed by atoms with Crippen molar-refractivity contribution in [3.8, 4) is 5.75 Å². The predicted octanol–water partition coefficient (Wildman–Crippen LogP) is 3.04. The summed E-state index contributed by atoms with van der Waals surface area (Å²) in [5.74, 6) is 0.236. The third kappa shape index (κ3) is 5.99. The first-order chi connectivity index (χ1) is 9.42. The number of ether oxygens (including phenoxy) is 1. The molecule has 6 heteroatoms. The molecule has 0 aliphatic rings. The monoisotopic (exact) mass is 319 g/mol. The molecule has 0 heterocycles. The minimum Gasteiger partial charge on any atom is -0.481 e. The van der Waals surface area contributed by atoms with Crippen molar-refractivity contribution < 1.29 is 14.6 Å². The van der Waals surface area contributed by atoms with E-state index < -0.39 is 6.10 Å². The summed E-state index contributed by atoms with van der Waals surface area (Å²) < 4.78 is 5.51. The van der Waals surface area contributed by atoms with Crippen LogP contribution in [0.1, 0.15) is 26.7 Å². The van der Waals surface area contributed by atoms with Crippen LogP contribution in [0.5, 0.6) is 5.75 Å². The Labute approximate surface area is 129 Å². The third-order valence-corrected chi connectivity index (χ3v) is 3.14. The first-order valence-corrected chi connectivity index (χ1v) is 7.22. The van der Waals surface area contributed by atoms with Crippen molar-refractivity contribution in [1.29, 1.82) is 0 Å². The van der Waals surface area contributed by atoms with Crippen LogP contribution in [-0.2, 0) is 4.79 Å². The van der Waals surface area contributed by atoms with Gasteiger partial charge < -0.3 is 15.2 Å². The van der Waals surface area contributed by atoms with Crippen molar-refractivity contribution in [1.82, 2.24) is 5.32 Å². The molecule has 4 nitrogen and oxygen atoms in total. The first kappa shape index (κ1) is 17.1. The van der Waals surface area contributed by atoms with Gasteiger partial charge in [0, 0.05) is 22.7 Å². The second kappa shape index (κ2) is 8.35. The maximum atomic E-state index is 11.9. The van der Waals surface area contributed by atoms with E-state index in [9.17, 15) is 4.79 Å². The summed E-state index contributed by atoms with van der Waals surface area (Å²) in [6.07, 6.45) is 0.722. The average Bonchev–Trinajstić information content (AvgIpc) is 2.34. The molecule has 2 N–H and O–H groups in total. The number of benzene rings is 1. The van der Waals surface area contributed by atoms with Gasteiger partial charge in [-0.1, -0.05) is 23.2 Å². The number of hydrogen-bond donors (Lipinski definition) is 2. The molecule has 0 saturated heterocycles. The molecule has 112 valence electrons. The van der Waals surface area contributed by atoms with Crippen LogP contribution in [0.15, 0.2) is 18.2 Å². The first-order valence-electron chi connectivity index (χ1n) is 6.46. The molecular weight excluding hydrogens is 301 g/mol. The summed E-state index contributed by atoms with van der Waals surface area (Å²) in [5, 5.41) is 12.5. The maximum absolute atomic E-state index is 11.9. The Morgan fingerprint density at radius 3 is 2.45 bits per heavy atom. The molecule has 0 spiro atoms. The fourth-order valence-corrected chi connectivity index (χ4v) is 2.19. The zero-order chi connectivity index (χ0) is 15.1. The minimum absolute atomic E-state index is 0.0105. The van der Waals surface area contributed by atoms with Gasteiger partial charge in [-0.15, -0.1) is 0 Å². The number of halogens is 2. The summed E-state index contributed by atoms with van der Waals surface area (Å²) in [6, 6.07) is 4.79. The van der Waals surface area contributed by atoms with E-state index in [2.05, 4.69) is 5.32 Å². The maximum Gasteiger partial charge on any atom is 0.260 e. The van der Waals surface area contributed by atoms with Crippen LogP contribution in [0, 0.1) is 0 Å². The van der Waals surface area contributed by atoms with Gasteiger partial charge in [0.1, 0.15) is 5.75 Å². The normalized spacial score (nSPS) is 13.7. The molecular formula is C14H19Cl2NO3. The molecule has 20 heavy (non-hydrogen) atoms. The highest BCUT2D eigenvalue weighted by Gasteiger charge is 2.17. The zero-order valence-electron chi connectivity index (χ0n) is 11.5. The fourth-order valence-electron chi connectivity index (χ4n) is 1.68. The van der Waals surface area contributed by atoms with Crippen molar-refractivity contribution in [3.05, 3.63) is 28.2 Å². The molecule has 1 aromatic rings. The van der Waals surface area contributed by atoms with Crippen LogP contribution in [0.25, 0.3) is 0 Å². The largest absolute Gasteiger partial charge is 0.481 e. The van der Waals surface area contributed by atoms with Crippen LogP contribution >= 0.6 is 23.2 Å². The summed E-state index contributed by atoms with van der Waals surface area (Å²) in [6.45, 7) is 3.66. The molecule has 1 rings (SSSR count). The molecule has 2 unspecified atom stereocenters. The highest BCUT2D eigenvalue weighted by Crippen LogP contribution is 2.24. The number of amides is 1. The Morgan fingerprint density at radius 1 is 1.30 bits per heavy atom. The highest BCUT2D eigenvalue weighted by atomic mass is 35.5. The van der Waals surface area contributed by atoms with Crippen molar-refractivity contribution in [3.63, 3.8) is 0 Å². The van der Waals surface area contributed by atoms with E-state index in [1.165, 1.54) is 0 Å². The van der Waals surface area contributed by atoms with Gasteiger partial charge in [0.25, 0.3) is 5.91 Å². The lowest BCUT2D eigenvalue weighted by atomic mass is 10.2. The summed E-state index contributed by atoms with van der Waals surface area (Å²) in [4.78, 5) is 11.9. The summed E-state index contributed by atoms with van der Waals surface area (Å²) >= 11 is 11.7. The molecule has 0 saturated carbocycles. The molecule has 1 aromatic carbocycles. The van der Waals surface area contributed by atoms with Gasteiger partial charge in [0.05, 0.1) is 0 Å². The second-order valence-corrected chi connectivity index (χ2v) is 5.51. The highest BCUT2D eigenvalue weighted by molar-refractivity contribution is 6.34. The summed E-state index contributed by atoms with van der Waals surface area (Å²) in [5.41, 5.74) is 0. The van der Waals surface area contributed by atoms with Crippen LogP contribution in [0.2, 0.25) is 10.0 Å². The number of aliphatic hydroxyl groups excluding tert-OH is 1. The SMILES string of the molecule is CC(CCCO)NC(=O)C(C)Oc1cc(Cl)cc(Cl)c1. The quantitative estimate of drug-likeness (QED) is 0.812. The van der Waals surface area contributed by atoms with Gasteiger partial charge >= 0.3 is 0 Å². The Balaban J connectivity index is 2.52. The summed E-state index contributed by atoms with van der Waals surface area (Å²) in [7, 11) is 0. The van der Waals surface area contributed by atoms with Crippen molar-refractivity contribution >= 4 is 29.1 Å². The Bertz CT molecular complexity index is 434. The number of rotatable bonds is 7. The van der Waals surface area contributed by atoms with E-state index in [-0.39, 0.29) is 18.6 Å². The van der Waals surface area contributed by atoms with E-state index in [4.69, 9.17) is 33.0 Å². The van der Waals surface area contributed by atoms with Crippen LogP contribution in [0.3, 0.4) is 0 Å². The Morgan fingerprint density at radius 2 is 1.90 bits per heavy atom. The van der Waals surface area contributed by atoms with E-state index in [1.807, 2.05) is 6.92 Å². The Kier molecular flexibility index (Phi) is 7.13. The van der Waals surface area contributed by atoms with E-state index in [0.29, 0.717) is 22.2 Å². The predicted molar refractivity (Wildman–Crippen MR) is 80.5 cm³/mol. The topological polar surface area (TPSA) is 58.6 Å². The van der Waals surface area contributed by atoms with Gasteiger partial charge in [0.2, 0.25) is 0 Å². The lowest BCUT2D eigenvalue weighted by Gasteiger charge is -2.18. The van der Waals surface area contributed by atoms with E-state index >= 15 is 0 Å². The van der Waals surface area contributed by atoms with Crippen LogP contribution in [0.4, 0.5) is 0 Å². The standard InChI is InChI=1S/C14H19Cl2NO3/c1-9(4-3-5-18)17-14(19)10(2)20-13-7-11(15)6-12(16)8-13/h6-10,18H,3-5H2,1-2H3,(H,17,19).